The van der Waals surface area contributed by atoms with Gasteiger partial charge < -0.3 is 15.4 Å². The lowest BCUT2D eigenvalue weighted by atomic mass is 10.1. The molecule has 0 aliphatic carbocycles. The lowest BCUT2D eigenvalue weighted by Gasteiger charge is -2.23. The van der Waals surface area contributed by atoms with Crippen molar-refractivity contribution in [1.82, 2.24) is 10.6 Å². The molecule has 0 aromatic heterocycles. The van der Waals surface area contributed by atoms with Crippen LogP contribution in [0, 0.1) is 0 Å². The number of carbonyl (C=O) groups is 1. The van der Waals surface area contributed by atoms with Gasteiger partial charge in [0.05, 0.1) is 0 Å². The third-order valence-electron chi connectivity index (χ3n) is 3.99. The van der Waals surface area contributed by atoms with Crippen molar-refractivity contribution in [2.45, 2.75) is 18.9 Å². The van der Waals surface area contributed by atoms with Gasteiger partial charge in [0.25, 0.3) is 5.91 Å². The van der Waals surface area contributed by atoms with Gasteiger partial charge in [0, 0.05) is 18.2 Å². The highest BCUT2D eigenvalue weighted by Crippen LogP contribution is 2.29. The highest BCUT2D eigenvalue weighted by Gasteiger charge is 2.16. The Labute approximate surface area is 136 Å². The molecule has 0 radical (unpaired) electrons. The van der Waals surface area contributed by atoms with Crippen molar-refractivity contribution < 1.29 is 9.53 Å². The smallest absolute Gasteiger partial charge is 0.258 e. The molecule has 2 N–H and O–H groups in total. The lowest BCUT2D eigenvalue weighted by Crippen LogP contribution is -2.47. The summed E-state index contributed by atoms with van der Waals surface area (Å²) in [7, 11) is 0. The molecule has 0 saturated carbocycles. The maximum Gasteiger partial charge on any atom is 0.258 e. The summed E-state index contributed by atoms with van der Waals surface area (Å²) in [5.74, 6) is 0.664. The van der Waals surface area contributed by atoms with Crippen molar-refractivity contribution in [2.24, 2.45) is 0 Å². The van der Waals surface area contributed by atoms with E-state index in [0.29, 0.717) is 0 Å². The second-order valence-electron chi connectivity index (χ2n) is 5.76. The number of piperidine rings is 1. The summed E-state index contributed by atoms with van der Waals surface area (Å²) in [6.45, 7) is 1.92. The molecule has 0 spiro atoms. The molecule has 0 bridgehead atoms. The second kappa shape index (κ2) is 7.79. The van der Waals surface area contributed by atoms with Crippen LogP contribution in [0.5, 0.6) is 5.75 Å². The summed E-state index contributed by atoms with van der Waals surface area (Å²) in [5.41, 5.74) is 2.08. The van der Waals surface area contributed by atoms with Crippen LogP contribution in [-0.2, 0) is 4.79 Å². The number of hydrogen-bond donors (Lipinski definition) is 2. The Bertz CT molecular complexity index is 637. The summed E-state index contributed by atoms with van der Waals surface area (Å²) < 4.78 is 5.76. The van der Waals surface area contributed by atoms with Crippen LogP contribution in [0.3, 0.4) is 0 Å². The van der Waals surface area contributed by atoms with Gasteiger partial charge in [0.15, 0.2) is 6.61 Å². The van der Waals surface area contributed by atoms with Crippen molar-refractivity contribution in [3.63, 3.8) is 0 Å². The van der Waals surface area contributed by atoms with E-state index in [1.807, 2.05) is 54.6 Å². The second-order valence-corrected chi connectivity index (χ2v) is 5.76. The first-order chi connectivity index (χ1) is 11.3. The van der Waals surface area contributed by atoms with Gasteiger partial charge >= 0.3 is 0 Å². The van der Waals surface area contributed by atoms with Gasteiger partial charge in [0.2, 0.25) is 0 Å². The number of ether oxygens (including phenoxy) is 1. The number of rotatable bonds is 5. The van der Waals surface area contributed by atoms with E-state index in [0.717, 1.165) is 42.8 Å². The van der Waals surface area contributed by atoms with E-state index in [1.54, 1.807) is 0 Å². The van der Waals surface area contributed by atoms with Crippen LogP contribution in [0.1, 0.15) is 12.8 Å². The van der Waals surface area contributed by atoms with Crippen LogP contribution in [0.2, 0.25) is 0 Å². The van der Waals surface area contributed by atoms with E-state index >= 15 is 0 Å². The first-order valence-corrected chi connectivity index (χ1v) is 8.10. The number of hydrogen-bond acceptors (Lipinski definition) is 3. The molecule has 2 aromatic rings. The van der Waals surface area contributed by atoms with Gasteiger partial charge in [-0.2, -0.15) is 0 Å². The normalized spacial score (nSPS) is 17.5. The standard InChI is InChI=1S/C19H22N2O2/c22-19(21-16-9-6-12-20-13-16)14-23-18-11-5-4-10-17(18)15-7-2-1-3-8-15/h1-5,7-8,10-11,16,20H,6,9,12-14H2,(H,21,22). The fraction of sp³-hybridized carbons (Fsp3) is 0.316. The SMILES string of the molecule is O=C(COc1ccccc1-c1ccccc1)NC1CCCNC1. The molecule has 120 valence electrons. The Kier molecular flexibility index (Phi) is 5.27. The van der Waals surface area contributed by atoms with Gasteiger partial charge in [-0.3, -0.25) is 4.79 Å². The first-order valence-electron chi connectivity index (χ1n) is 8.10. The van der Waals surface area contributed by atoms with Crippen LogP contribution >= 0.6 is 0 Å². The Morgan fingerprint density at radius 3 is 2.70 bits per heavy atom. The predicted molar refractivity (Wildman–Crippen MR) is 91.4 cm³/mol. The van der Waals surface area contributed by atoms with Gasteiger partial charge in [-0.1, -0.05) is 48.5 Å². The molecule has 2 aromatic carbocycles. The number of para-hydroxylation sites is 1. The van der Waals surface area contributed by atoms with E-state index < -0.39 is 0 Å². The molecule has 1 aliphatic rings. The van der Waals surface area contributed by atoms with Crippen molar-refractivity contribution in [2.75, 3.05) is 19.7 Å². The summed E-state index contributed by atoms with van der Waals surface area (Å²) in [6, 6.07) is 18.1. The van der Waals surface area contributed by atoms with Gasteiger partial charge in [-0.15, -0.1) is 0 Å². The monoisotopic (exact) mass is 310 g/mol. The van der Waals surface area contributed by atoms with Crippen molar-refractivity contribution in [1.29, 1.82) is 0 Å². The van der Waals surface area contributed by atoms with Crippen LogP contribution in [0.4, 0.5) is 0 Å². The number of carbonyl (C=O) groups excluding carboxylic acids is 1. The van der Waals surface area contributed by atoms with Crippen LogP contribution in [-0.4, -0.2) is 31.6 Å². The van der Waals surface area contributed by atoms with E-state index in [-0.39, 0.29) is 18.6 Å². The lowest BCUT2D eigenvalue weighted by molar-refractivity contribution is -0.123. The summed E-state index contributed by atoms with van der Waals surface area (Å²) in [6.07, 6.45) is 2.13. The summed E-state index contributed by atoms with van der Waals surface area (Å²) in [4.78, 5) is 12.1. The molecule has 1 saturated heterocycles. The molecule has 4 nitrogen and oxygen atoms in total. The van der Waals surface area contributed by atoms with Crippen molar-refractivity contribution in [3.8, 4) is 16.9 Å². The van der Waals surface area contributed by atoms with Gasteiger partial charge in [0.1, 0.15) is 5.75 Å². The van der Waals surface area contributed by atoms with Crippen LogP contribution in [0.15, 0.2) is 54.6 Å². The molecule has 1 unspecified atom stereocenters. The topological polar surface area (TPSA) is 50.4 Å². The highest BCUT2D eigenvalue weighted by molar-refractivity contribution is 5.78. The Morgan fingerprint density at radius 2 is 1.91 bits per heavy atom. The van der Waals surface area contributed by atoms with E-state index in [4.69, 9.17) is 4.74 Å². The first kappa shape index (κ1) is 15.6. The molecule has 1 heterocycles. The molecule has 1 fully saturated rings. The average molecular weight is 310 g/mol. The maximum absolute atomic E-state index is 12.1. The molecule has 1 amide bonds. The largest absolute Gasteiger partial charge is 0.483 e. The number of nitrogens with one attached hydrogen (secondary N) is 2. The third-order valence-corrected chi connectivity index (χ3v) is 3.99. The Balaban J connectivity index is 1.61. The van der Waals surface area contributed by atoms with E-state index in [9.17, 15) is 4.79 Å². The van der Waals surface area contributed by atoms with E-state index in [2.05, 4.69) is 10.6 Å². The third kappa shape index (κ3) is 4.33. The van der Waals surface area contributed by atoms with Gasteiger partial charge in [-0.05, 0) is 31.0 Å². The highest BCUT2D eigenvalue weighted by atomic mass is 16.5. The maximum atomic E-state index is 12.1. The fourth-order valence-corrected chi connectivity index (χ4v) is 2.84. The minimum Gasteiger partial charge on any atom is -0.483 e. The van der Waals surface area contributed by atoms with Crippen molar-refractivity contribution in [3.05, 3.63) is 54.6 Å². The molecule has 1 aliphatic heterocycles. The molecule has 3 rings (SSSR count). The summed E-state index contributed by atoms with van der Waals surface area (Å²) in [5, 5.41) is 6.31. The molecular weight excluding hydrogens is 288 g/mol. The minimum absolute atomic E-state index is 0.0420. The number of amides is 1. The molecule has 1 atom stereocenters. The fourth-order valence-electron chi connectivity index (χ4n) is 2.84. The van der Waals surface area contributed by atoms with Gasteiger partial charge in [-0.25, -0.2) is 0 Å². The average Bonchev–Trinajstić information content (AvgIpc) is 2.62. The Morgan fingerprint density at radius 1 is 1.13 bits per heavy atom. The quantitative estimate of drug-likeness (QED) is 0.892. The van der Waals surface area contributed by atoms with Crippen molar-refractivity contribution >= 4 is 5.91 Å². The minimum atomic E-state index is -0.0680. The zero-order valence-corrected chi connectivity index (χ0v) is 13.1. The van der Waals surface area contributed by atoms with Crippen LogP contribution < -0.4 is 15.4 Å². The Hall–Kier alpha value is -2.33. The molecular formula is C19H22N2O2. The number of benzene rings is 2. The summed E-state index contributed by atoms with van der Waals surface area (Å²) >= 11 is 0. The molecule has 4 heteroatoms. The zero-order chi connectivity index (χ0) is 15.9. The van der Waals surface area contributed by atoms with Crippen LogP contribution in [0.25, 0.3) is 11.1 Å². The molecule has 23 heavy (non-hydrogen) atoms. The van der Waals surface area contributed by atoms with E-state index in [1.165, 1.54) is 0 Å². The zero-order valence-electron chi connectivity index (χ0n) is 13.1. The predicted octanol–water partition coefficient (Wildman–Crippen LogP) is 2.60.